The van der Waals surface area contributed by atoms with Crippen LogP contribution in [0.2, 0.25) is 0 Å². The van der Waals surface area contributed by atoms with Crippen LogP contribution >= 0.6 is 0 Å². The summed E-state index contributed by atoms with van der Waals surface area (Å²) in [5, 5.41) is 0. The van der Waals surface area contributed by atoms with Crippen molar-refractivity contribution in [3.8, 4) is 0 Å². The minimum absolute atomic E-state index is 0.112. The van der Waals surface area contributed by atoms with Crippen LogP contribution in [0.5, 0.6) is 0 Å². The summed E-state index contributed by atoms with van der Waals surface area (Å²) in [4.78, 5) is 11.0. The van der Waals surface area contributed by atoms with Gasteiger partial charge in [-0.2, -0.15) is 0 Å². The molecule has 1 aromatic rings. The summed E-state index contributed by atoms with van der Waals surface area (Å²) in [6.07, 6.45) is 3.53. The molecule has 2 fully saturated rings. The average molecular weight is 270 g/mol. The van der Waals surface area contributed by atoms with Crippen molar-refractivity contribution in [1.82, 2.24) is 0 Å². The highest BCUT2D eigenvalue weighted by atomic mass is 16.1. The van der Waals surface area contributed by atoms with E-state index >= 15 is 0 Å². The van der Waals surface area contributed by atoms with Crippen molar-refractivity contribution >= 4 is 6.29 Å². The number of aryl methyl sites for hydroxylation is 1. The van der Waals surface area contributed by atoms with E-state index in [1.165, 1.54) is 24.0 Å². The first-order valence-corrected chi connectivity index (χ1v) is 7.50. The van der Waals surface area contributed by atoms with Crippen molar-refractivity contribution in [1.29, 1.82) is 0 Å². The molecule has 0 amide bonds. The predicted octanol–water partition coefficient (Wildman–Crippen LogP) is 4.81. The maximum Gasteiger partial charge on any atom is 0.127 e. The second-order valence-electron chi connectivity index (χ2n) is 7.07. The molecule has 1 aromatic carbocycles. The highest BCUT2D eigenvalue weighted by Crippen LogP contribution is 2.69. The molecule has 2 aliphatic carbocycles. The molecule has 0 radical (unpaired) electrons. The molecule has 0 N–H and O–H groups in total. The van der Waals surface area contributed by atoms with Crippen LogP contribution in [-0.2, 0) is 4.79 Å². The lowest BCUT2D eigenvalue weighted by Crippen LogP contribution is -2.32. The van der Waals surface area contributed by atoms with Crippen molar-refractivity contribution in [3.05, 3.63) is 48.0 Å². The van der Waals surface area contributed by atoms with Crippen molar-refractivity contribution in [2.45, 2.75) is 40.5 Å². The lowest BCUT2D eigenvalue weighted by Gasteiger charge is -2.36. The van der Waals surface area contributed by atoms with Crippen molar-refractivity contribution in [2.24, 2.45) is 22.7 Å². The molecule has 0 saturated heterocycles. The molecule has 20 heavy (non-hydrogen) atoms. The molecule has 3 unspecified atom stereocenters. The summed E-state index contributed by atoms with van der Waals surface area (Å²) in [5.74, 6) is 0.689. The van der Waals surface area contributed by atoms with E-state index in [0.29, 0.717) is 5.92 Å². The van der Waals surface area contributed by atoms with Crippen LogP contribution < -0.4 is 0 Å². The standard InChI is InChI=1S/C12H18O.C7H8/c1-8-9-5-6-12(4,10(8)7-13)11(9,2)3;1-7-5-3-2-4-6-7/h7,9-10H,1,5-6H2,2-4H3;2-6H,1H3. The zero-order valence-electron chi connectivity index (χ0n) is 13.1. The van der Waals surface area contributed by atoms with Crippen LogP contribution in [0.15, 0.2) is 42.5 Å². The second kappa shape index (κ2) is 5.20. The van der Waals surface area contributed by atoms with Crippen molar-refractivity contribution in [2.75, 3.05) is 0 Å². The third kappa shape index (κ3) is 2.13. The fourth-order valence-corrected chi connectivity index (χ4v) is 4.13. The minimum atomic E-state index is 0.112. The van der Waals surface area contributed by atoms with Gasteiger partial charge in [0.1, 0.15) is 6.29 Å². The smallest absolute Gasteiger partial charge is 0.127 e. The SMILES string of the molecule is C=C1C2CCC(C)(C1C=O)C2(C)C.Cc1ccccc1. The summed E-state index contributed by atoms with van der Waals surface area (Å²) < 4.78 is 0. The van der Waals surface area contributed by atoms with Crippen molar-refractivity contribution < 1.29 is 4.79 Å². The van der Waals surface area contributed by atoms with E-state index in [9.17, 15) is 4.79 Å². The van der Waals surface area contributed by atoms with E-state index in [-0.39, 0.29) is 16.7 Å². The quantitative estimate of drug-likeness (QED) is 0.529. The Kier molecular flexibility index (Phi) is 3.90. The van der Waals surface area contributed by atoms with Crippen LogP contribution in [0.25, 0.3) is 0 Å². The Labute approximate surface area is 123 Å². The molecule has 0 heterocycles. The van der Waals surface area contributed by atoms with Crippen LogP contribution in [0.3, 0.4) is 0 Å². The maximum atomic E-state index is 11.0. The van der Waals surface area contributed by atoms with Gasteiger partial charge in [-0.05, 0) is 36.5 Å². The predicted molar refractivity (Wildman–Crippen MR) is 84.5 cm³/mol. The lowest BCUT2D eigenvalue weighted by molar-refractivity contribution is -0.113. The van der Waals surface area contributed by atoms with Gasteiger partial charge >= 0.3 is 0 Å². The van der Waals surface area contributed by atoms with Crippen LogP contribution in [0.4, 0.5) is 0 Å². The van der Waals surface area contributed by atoms with Gasteiger partial charge in [0.2, 0.25) is 0 Å². The van der Waals surface area contributed by atoms with Gasteiger partial charge in [-0.25, -0.2) is 0 Å². The fourth-order valence-electron chi connectivity index (χ4n) is 4.13. The summed E-state index contributed by atoms with van der Waals surface area (Å²) in [6, 6.07) is 10.3. The summed E-state index contributed by atoms with van der Waals surface area (Å²) in [6.45, 7) is 13.0. The Morgan fingerprint density at radius 2 is 1.80 bits per heavy atom. The number of hydrogen-bond acceptors (Lipinski definition) is 1. The molecule has 1 heteroatoms. The van der Waals surface area contributed by atoms with Gasteiger partial charge in [0, 0.05) is 5.92 Å². The van der Waals surface area contributed by atoms with E-state index in [2.05, 4.69) is 46.4 Å². The number of carbonyl (C=O) groups excluding carboxylic acids is 1. The fraction of sp³-hybridized carbons (Fsp3) is 0.526. The highest BCUT2D eigenvalue weighted by Gasteiger charge is 2.63. The number of fused-ring (bicyclic) bond motifs is 2. The van der Waals surface area contributed by atoms with E-state index in [0.717, 1.165) is 6.29 Å². The van der Waals surface area contributed by atoms with Gasteiger partial charge < -0.3 is 4.79 Å². The molecular formula is C19H26O. The molecule has 108 valence electrons. The Hall–Kier alpha value is -1.37. The molecule has 0 aliphatic heterocycles. The zero-order valence-corrected chi connectivity index (χ0v) is 13.1. The van der Waals surface area contributed by atoms with Gasteiger partial charge in [0.05, 0.1) is 0 Å². The molecule has 3 rings (SSSR count). The van der Waals surface area contributed by atoms with Crippen molar-refractivity contribution in [3.63, 3.8) is 0 Å². The second-order valence-corrected chi connectivity index (χ2v) is 7.07. The Balaban J connectivity index is 0.000000178. The molecule has 3 atom stereocenters. The molecule has 2 aliphatic rings. The zero-order chi connectivity index (χ0) is 15.0. The van der Waals surface area contributed by atoms with Gasteiger partial charge in [0.25, 0.3) is 0 Å². The molecule has 2 saturated carbocycles. The van der Waals surface area contributed by atoms with Gasteiger partial charge in [-0.15, -0.1) is 0 Å². The number of rotatable bonds is 1. The number of allylic oxidation sites excluding steroid dienone is 1. The summed E-state index contributed by atoms with van der Waals surface area (Å²) in [5.41, 5.74) is 2.96. The number of carbonyl (C=O) groups is 1. The first kappa shape index (κ1) is 15.0. The van der Waals surface area contributed by atoms with E-state index in [1.54, 1.807) is 0 Å². The van der Waals surface area contributed by atoms with Crippen LogP contribution in [0.1, 0.15) is 39.2 Å². The normalized spacial score (nSPS) is 33.5. The molecular weight excluding hydrogens is 244 g/mol. The monoisotopic (exact) mass is 270 g/mol. The lowest BCUT2D eigenvalue weighted by atomic mass is 9.67. The third-order valence-electron chi connectivity index (χ3n) is 5.91. The Bertz CT molecular complexity index is 500. The van der Waals surface area contributed by atoms with E-state index in [4.69, 9.17) is 0 Å². The number of benzene rings is 1. The van der Waals surface area contributed by atoms with Crippen LogP contribution in [0, 0.1) is 29.6 Å². The van der Waals surface area contributed by atoms with Gasteiger partial charge in [-0.3, -0.25) is 0 Å². The minimum Gasteiger partial charge on any atom is -0.303 e. The number of aldehydes is 1. The van der Waals surface area contributed by atoms with Gasteiger partial charge in [-0.1, -0.05) is 68.8 Å². The van der Waals surface area contributed by atoms with E-state index < -0.39 is 0 Å². The molecule has 0 aromatic heterocycles. The number of hydrogen-bond donors (Lipinski definition) is 0. The Morgan fingerprint density at radius 1 is 1.20 bits per heavy atom. The maximum absolute atomic E-state index is 11.0. The summed E-state index contributed by atoms with van der Waals surface area (Å²) >= 11 is 0. The first-order valence-electron chi connectivity index (χ1n) is 7.50. The Morgan fingerprint density at radius 3 is 2.10 bits per heavy atom. The highest BCUT2D eigenvalue weighted by molar-refractivity contribution is 5.64. The molecule has 0 spiro atoms. The molecule has 1 nitrogen and oxygen atoms in total. The largest absolute Gasteiger partial charge is 0.303 e. The van der Waals surface area contributed by atoms with E-state index in [1.807, 2.05) is 18.2 Å². The molecule has 2 bridgehead atoms. The average Bonchev–Trinajstić information content (AvgIpc) is 2.70. The van der Waals surface area contributed by atoms with Crippen LogP contribution in [-0.4, -0.2) is 6.29 Å². The van der Waals surface area contributed by atoms with Gasteiger partial charge in [0.15, 0.2) is 0 Å². The summed E-state index contributed by atoms with van der Waals surface area (Å²) in [7, 11) is 0. The third-order valence-corrected chi connectivity index (χ3v) is 5.91. The first-order chi connectivity index (χ1) is 9.34. The topological polar surface area (TPSA) is 17.1 Å².